The van der Waals surface area contributed by atoms with E-state index in [4.69, 9.17) is 0 Å². The molecule has 0 radical (unpaired) electrons. The summed E-state index contributed by atoms with van der Waals surface area (Å²) in [5.41, 5.74) is 1.32. The number of ketones is 1. The number of hydrogen-bond acceptors (Lipinski definition) is 6. The second-order valence-corrected chi connectivity index (χ2v) is 8.88. The van der Waals surface area contributed by atoms with E-state index in [1.807, 2.05) is 12.1 Å². The summed E-state index contributed by atoms with van der Waals surface area (Å²) in [5, 5.41) is 10.9. The Morgan fingerprint density at radius 3 is 2.50 bits per heavy atom. The van der Waals surface area contributed by atoms with E-state index in [0.29, 0.717) is 24.0 Å². The molecule has 3 aromatic rings. The minimum absolute atomic E-state index is 0.0236. The molecule has 2 heterocycles. The molecule has 4 rings (SSSR count). The molecule has 0 spiro atoms. The first-order valence-electron chi connectivity index (χ1n) is 12.1. The van der Waals surface area contributed by atoms with Crippen LogP contribution in [0.4, 0.5) is 4.39 Å². The Bertz CT molecular complexity index is 1380. The van der Waals surface area contributed by atoms with Crippen molar-refractivity contribution in [2.45, 2.75) is 25.4 Å². The quantitative estimate of drug-likeness (QED) is 0.294. The maximum atomic E-state index is 13.1. The number of benzene rings is 2. The summed E-state index contributed by atoms with van der Waals surface area (Å²) in [6.07, 6.45) is 0.389. The average molecular weight is 520 g/mol. The molecule has 11 heteroatoms. The maximum absolute atomic E-state index is 13.1. The molecule has 4 N–H and O–H groups in total. The van der Waals surface area contributed by atoms with Crippen LogP contribution in [0.2, 0.25) is 0 Å². The van der Waals surface area contributed by atoms with E-state index in [-0.39, 0.29) is 24.6 Å². The predicted octanol–water partition coefficient (Wildman–Crippen LogP) is 1.00. The minimum Gasteiger partial charge on any atom is -0.356 e. The van der Waals surface area contributed by atoms with Crippen LogP contribution in [0.15, 0.2) is 60.7 Å². The van der Waals surface area contributed by atoms with Crippen molar-refractivity contribution in [1.82, 2.24) is 26.3 Å². The number of hydrogen-bond donors (Lipinski definition) is 4. The Morgan fingerprint density at radius 1 is 1.00 bits per heavy atom. The number of carbonyl (C=O) groups is 5. The number of aromatic nitrogens is 1. The van der Waals surface area contributed by atoms with Gasteiger partial charge in [-0.3, -0.25) is 24.0 Å². The van der Waals surface area contributed by atoms with E-state index >= 15 is 0 Å². The second-order valence-electron chi connectivity index (χ2n) is 8.88. The summed E-state index contributed by atoms with van der Waals surface area (Å²) in [6, 6.07) is 14.6. The Morgan fingerprint density at radius 2 is 1.76 bits per heavy atom. The molecular weight excluding hydrogens is 493 g/mol. The fourth-order valence-corrected chi connectivity index (χ4v) is 4.10. The lowest BCUT2D eigenvalue weighted by Gasteiger charge is -2.20. The highest BCUT2D eigenvalue weighted by molar-refractivity contribution is 6.38. The molecule has 38 heavy (non-hydrogen) atoms. The van der Waals surface area contributed by atoms with Crippen LogP contribution in [-0.2, 0) is 25.7 Å². The van der Waals surface area contributed by atoms with Crippen LogP contribution < -0.4 is 21.3 Å². The molecule has 0 saturated carbocycles. The molecule has 1 aliphatic heterocycles. The van der Waals surface area contributed by atoms with Gasteiger partial charge in [0.15, 0.2) is 0 Å². The molecule has 196 valence electrons. The van der Waals surface area contributed by atoms with Crippen LogP contribution in [0.25, 0.3) is 10.9 Å². The average Bonchev–Trinajstić information content (AvgIpc) is 3.34. The van der Waals surface area contributed by atoms with E-state index in [0.717, 1.165) is 5.39 Å². The minimum atomic E-state index is -1.28. The number of para-hydroxylation sites is 1. The van der Waals surface area contributed by atoms with Gasteiger partial charge in [-0.15, -0.1) is 0 Å². The fraction of sp³-hybridized carbons (Fsp3) is 0.259. The highest BCUT2D eigenvalue weighted by atomic mass is 19.1. The number of rotatable bonds is 10. The fourth-order valence-electron chi connectivity index (χ4n) is 4.10. The highest BCUT2D eigenvalue weighted by Gasteiger charge is 2.34. The number of Topliss-reactive ketones (excluding diaryl/α,β-unsaturated/α-hetero) is 1. The van der Waals surface area contributed by atoms with Crippen molar-refractivity contribution < 1.29 is 28.4 Å². The van der Waals surface area contributed by atoms with Crippen molar-refractivity contribution in [3.05, 3.63) is 77.7 Å². The third kappa shape index (κ3) is 6.75. The zero-order chi connectivity index (χ0) is 27.1. The number of pyridine rings is 1. The Balaban J connectivity index is 1.36. The molecule has 2 atom stereocenters. The van der Waals surface area contributed by atoms with Crippen LogP contribution in [0.3, 0.4) is 0 Å². The van der Waals surface area contributed by atoms with Crippen LogP contribution in [0.1, 0.15) is 28.9 Å². The van der Waals surface area contributed by atoms with Crippen molar-refractivity contribution in [3.8, 4) is 0 Å². The number of nitrogens with one attached hydrogen (secondary N) is 4. The normalized spacial score (nSPS) is 15.4. The zero-order valence-electron chi connectivity index (χ0n) is 20.3. The Labute approximate surface area is 217 Å². The van der Waals surface area contributed by atoms with Gasteiger partial charge in [0.1, 0.15) is 11.5 Å². The highest BCUT2D eigenvalue weighted by Crippen LogP contribution is 2.17. The standard InChI is InChI=1S/C27H26FN5O5/c28-19-8-5-16(6-9-19)14-30-27(38)24(35)22(13-18-11-12-29-25(18)36)33-23(34)15-31-26(37)21-10-7-17-3-1-2-4-20(17)32-21/h1-10,18,22H,11-15H2,(H,29,36)(H,30,38)(H,31,37)(H,33,34)/t18-,22-/m0/s1. The summed E-state index contributed by atoms with van der Waals surface area (Å²) in [7, 11) is 0. The van der Waals surface area contributed by atoms with Crippen molar-refractivity contribution in [2.75, 3.05) is 13.1 Å². The van der Waals surface area contributed by atoms with E-state index in [1.54, 1.807) is 18.2 Å². The number of halogens is 1. The lowest BCUT2D eigenvalue weighted by molar-refractivity contribution is -0.140. The predicted molar refractivity (Wildman–Crippen MR) is 135 cm³/mol. The van der Waals surface area contributed by atoms with Crippen LogP contribution in [0, 0.1) is 11.7 Å². The molecule has 4 amide bonds. The maximum Gasteiger partial charge on any atom is 0.289 e. The molecule has 0 unspecified atom stereocenters. The first-order valence-corrected chi connectivity index (χ1v) is 12.1. The number of nitrogens with zero attached hydrogens (tertiary/aromatic N) is 1. The third-order valence-corrected chi connectivity index (χ3v) is 6.17. The van der Waals surface area contributed by atoms with Gasteiger partial charge >= 0.3 is 0 Å². The van der Waals surface area contributed by atoms with Gasteiger partial charge in [0, 0.05) is 24.4 Å². The molecule has 0 bridgehead atoms. The van der Waals surface area contributed by atoms with Crippen LogP contribution in [-0.4, -0.2) is 53.5 Å². The molecule has 0 aliphatic carbocycles. The lowest BCUT2D eigenvalue weighted by atomic mass is 9.95. The number of carbonyl (C=O) groups excluding carboxylic acids is 5. The van der Waals surface area contributed by atoms with Gasteiger partial charge < -0.3 is 21.3 Å². The number of fused-ring (bicyclic) bond motifs is 1. The molecule has 1 aliphatic rings. The summed E-state index contributed by atoms with van der Waals surface area (Å²) < 4.78 is 13.1. The summed E-state index contributed by atoms with van der Waals surface area (Å²) in [4.78, 5) is 67.0. The SMILES string of the molecule is O=C(CNC(=O)c1ccc2ccccc2n1)N[C@@H](C[C@@H]1CCNC1=O)C(=O)C(=O)NCc1ccc(F)cc1. The summed E-state index contributed by atoms with van der Waals surface area (Å²) >= 11 is 0. The molecule has 1 aromatic heterocycles. The van der Waals surface area contributed by atoms with Crippen LogP contribution >= 0.6 is 0 Å². The first kappa shape index (κ1) is 26.4. The Kier molecular flexibility index (Phi) is 8.37. The largest absolute Gasteiger partial charge is 0.356 e. The van der Waals surface area contributed by atoms with Gasteiger partial charge in [0.25, 0.3) is 11.8 Å². The van der Waals surface area contributed by atoms with Crippen molar-refractivity contribution in [2.24, 2.45) is 5.92 Å². The van der Waals surface area contributed by atoms with E-state index in [1.165, 1.54) is 30.3 Å². The molecule has 2 aromatic carbocycles. The van der Waals surface area contributed by atoms with Crippen molar-refractivity contribution in [1.29, 1.82) is 0 Å². The summed E-state index contributed by atoms with van der Waals surface area (Å²) in [5.74, 6) is -4.42. The zero-order valence-corrected chi connectivity index (χ0v) is 20.3. The van der Waals surface area contributed by atoms with E-state index in [9.17, 15) is 28.4 Å². The van der Waals surface area contributed by atoms with Crippen molar-refractivity contribution in [3.63, 3.8) is 0 Å². The van der Waals surface area contributed by atoms with Crippen molar-refractivity contribution >= 4 is 40.3 Å². The Hall–Kier alpha value is -4.67. The van der Waals surface area contributed by atoms with Gasteiger partial charge in [0.05, 0.1) is 18.1 Å². The smallest absolute Gasteiger partial charge is 0.289 e. The van der Waals surface area contributed by atoms with Crippen LogP contribution in [0.5, 0.6) is 0 Å². The molecule has 10 nitrogen and oxygen atoms in total. The summed E-state index contributed by atoms with van der Waals surface area (Å²) in [6.45, 7) is -0.0562. The third-order valence-electron chi connectivity index (χ3n) is 6.17. The van der Waals surface area contributed by atoms with Gasteiger partial charge in [-0.2, -0.15) is 0 Å². The monoisotopic (exact) mass is 519 g/mol. The van der Waals surface area contributed by atoms with Gasteiger partial charge in [-0.05, 0) is 42.7 Å². The molecule has 1 saturated heterocycles. The molecule has 1 fully saturated rings. The second kappa shape index (κ2) is 12.0. The van der Waals surface area contributed by atoms with Gasteiger partial charge in [-0.25, -0.2) is 9.37 Å². The van der Waals surface area contributed by atoms with E-state index < -0.39 is 47.8 Å². The first-order chi connectivity index (χ1) is 18.3. The topological polar surface area (TPSA) is 146 Å². The van der Waals surface area contributed by atoms with Gasteiger partial charge in [-0.1, -0.05) is 36.4 Å². The van der Waals surface area contributed by atoms with E-state index in [2.05, 4.69) is 26.3 Å². The lowest BCUT2D eigenvalue weighted by Crippen LogP contribution is -2.51. The van der Waals surface area contributed by atoms with Gasteiger partial charge in [0.2, 0.25) is 17.6 Å². The number of amides is 4. The molecular formula is C27H26FN5O5.